The van der Waals surface area contributed by atoms with Gasteiger partial charge < -0.3 is 15.5 Å². The topological polar surface area (TPSA) is 74.3 Å². The zero-order chi connectivity index (χ0) is 15.5. The number of carbonyl (C=O) groups excluding carboxylic acids is 2. The van der Waals surface area contributed by atoms with Crippen molar-refractivity contribution in [3.05, 3.63) is 41.4 Å². The van der Waals surface area contributed by atoms with Gasteiger partial charge in [0, 0.05) is 35.4 Å². The van der Waals surface area contributed by atoms with Crippen molar-refractivity contribution in [1.29, 1.82) is 0 Å². The quantitative estimate of drug-likeness (QED) is 0.906. The number of rotatable bonds is 3. The van der Waals surface area contributed by atoms with Gasteiger partial charge in [0.25, 0.3) is 5.91 Å². The van der Waals surface area contributed by atoms with E-state index in [-0.39, 0.29) is 24.4 Å². The zero-order valence-corrected chi connectivity index (χ0v) is 12.9. The molecule has 2 amide bonds. The molecule has 1 atom stereocenters. The molecular formula is C15H16N4O2S. The lowest BCUT2D eigenvalue weighted by Gasteiger charge is -2.31. The number of amides is 2. The fourth-order valence-electron chi connectivity index (χ4n) is 2.41. The van der Waals surface area contributed by atoms with Crippen LogP contribution in [0.1, 0.15) is 17.3 Å². The molecule has 2 aromatic rings. The van der Waals surface area contributed by atoms with Crippen LogP contribution < -0.4 is 10.6 Å². The molecule has 2 heterocycles. The summed E-state index contributed by atoms with van der Waals surface area (Å²) in [5.41, 5.74) is 1.36. The van der Waals surface area contributed by atoms with Gasteiger partial charge in [0.2, 0.25) is 5.91 Å². The van der Waals surface area contributed by atoms with Gasteiger partial charge in [-0.05, 0) is 25.1 Å². The average molecular weight is 316 g/mol. The zero-order valence-electron chi connectivity index (χ0n) is 12.1. The minimum absolute atomic E-state index is 0.0261. The van der Waals surface area contributed by atoms with Crippen molar-refractivity contribution in [3.63, 3.8) is 0 Å². The second-order valence-corrected chi connectivity index (χ2v) is 6.09. The van der Waals surface area contributed by atoms with Gasteiger partial charge >= 0.3 is 0 Å². The van der Waals surface area contributed by atoms with Crippen molar-refractivity contribution in [2.45, 2.75) is 13.0 Å². The minimum atomic E-state index is -0.135. The van der Waals surface area contributed by atoms with Crippen molar-refractivity contribution >= 4 is 34.0 Å². The van der Waals surface area contributed by atoms with Gasteiger partial charge in [0.15, 0.2) is 5.13 Å². The Kier molecular flexibility index (Phi) is 4.06. The summed E-state index contributed by atoms with van der Waals surface area (Å²) in [6.45, 7) is 2.51. The van der Waals surface area contributed by atoms with Crippen LogP contribution in [-0.2, 0) is 4.79 Å². The molecule has 114 valence electrons. The largest absolute Gasteiger partial charge is 0.350 e. The molecule has 22 heavy (non-hydrogen) atoms. The molecule has 7 heteroatoms. The summed E-state index contributed by atoms with van der Waals surface area (Å²) in [5, 5.41) is 8.62. The lowest BCUT2D eigenvalue weighted by Crippen LogP contribution is -2.54. The summed E-state index contributed by atoms with van der Waals surface area (Å²) >= 11 is 1.49. The normalized spacial score (nSPS) is 18.0. The number of anilines is 2. The van der Waals surface area contributed by atoms with Crippen molar-refractivity contribution in [2.24, 2.45) is 0 Å². The minimum Gasteiger partial charge on any atom is -0.350 e. The van der Waals surface area contributed by atoms with E-state index in [0.717, 1.165) is 10.8 Å². The van der Waals surface area contributed by atoms with E-state index in [0.29, 0.717) is 12.1 Å². The fraction of sp³-hybridized carbons (Fsp3) is 0.267. The molecule has 0 saturated carbocycles. The molecule has 1 aliphatic rings. The molecule has 0 bridgehead atoms. The molecule has 3 rings (SSSR count). The van der Waals surface area contributed by atoms with E-state index in [2.05, 4.69) is 15.6 Å². The molecule has 1 saturated heterocycles. The summed E-state index contributed by atoms with van der Waals surface area (Å²) in [6, 6.07) is 7.20. The summed E-state index contributed by atoms with van der Waals surface area (Å²) in [4.78, 5) is 29.9. The SMILES string of the molecule is CC1CN(C(=O)c2cccc(Nc3nccs3)c2)CC(=O)N1. The molecule has 1 aliphatic heterocycles. The Labute approximate surface area is 132 Å². The Hall–Kier alpha value is -2.41. The van der Waals surface area contributed by atoms with E-state index in [1.54, 1.807) is 23.2 Å². The van der Waals surface area contributed by atoms with E-state index < -0.39 is 0 Å². The second kappa shape index (κ2) is 6.15. The molecule has 0 aliphatic carbocycles. The van der Waals surface area contributed by atoms with E-state index in [4.69, 9.17) is 0 Å². The summed E-state index contributed by atoms with van der Waals surface area (Å²) < 4.78 is 0. The van der Waals surface area contributed by atoms with Gasteiger partial charge in [-0.3, -0.25) is 9.59 Å². The Bertz CT molecular complexity index is 687. The van der Waals surface area contributed by atoms with Crippen molar-refractivity contribution in [1.82, 2.24) is 15.2 Å². The Morgan fingerprint density at radius 3 is 3.09 bits per heavy atom. The third-order valence-corrected chi connectivity index (χ3v) is 4.00. The molecule has 2 N–H and O–H groups in total. The number of carbonyl (C=O) groups is 2. The molecule has 1 aromatic carbocycles. The highest BCUT2D eigenvalue weighted by atomic mass is 32.1. The smallest absolute Gasteiger partial charge is 0.254 e. The predicted molar refractivity (Wildman–Crippen MR) is 85.3 cm³/mol. The lowest BCUT2D eigenvalue weighted by atomic mass is 10.1. The number of nitrogens with zero attached hydrogens (tertiary/aromatic N) is 2. The molecular weight excluding hydrogens is 300 g/mol. The van der Waals surface area contributed by atoms with E-state index in [9.17, 15) is 9.59 Å². The van der Waals surface area contributed by atoms with Crippen LogP contribution in [-0.4, -0.2) is 40.8 Å². The number of hydrogen-bond acceptors (Lipinski definition) is 5. The van der Waals surface area contributed by atoms with Gasteiger partial charge in [0.1, 0.15) is 0 Å². The van der Waals surface area contributed by atoms with Crippen LogP contribution in [0.3, 0.4) is 0 Å². The summed E-state index contributed by atoms with van der Waals surface area (Å²) in [6.07, 6.45) is 1.72. The number of nitrogens with one attached hydrogen (secondary N) is 2. The van der Waals surface area contributed by atoms with E-state index in [1.807, 2.05) is 24.4 Å². The molecule has 1 unspecified atom stereocenters. The molecule has 0 radical (unpaired) electrons. The van der Waals surface area contributed by atoms with Crippen molar-refractivity contribution in [3.8, 4) is 0 Å². The second-order valence-electron chi connectivity index (χ2n) is 5.20. The number of thiazole rings is 1. The molecule has 1 aromatic heterocycles. The molecule has 6 nitrogen and oxygen atoms in total. The van der Waals surface area contributed by atoms with E-state index >= 15 is 0 Å². The Morgan fingerprint density at radius 2 is 2.36 bits per heavy atom. The van der Waals surface area contributed by atoms with Gasteiger partial charge in [-0.1, -0.05) is 6.07 Å². The fourth-order valence-corrected chi connectivity index (χ4v) is 2.96. The number of benzene rings is 1. The van der Waals surface area contributed by atoms with Gasteiger partial charge in [0.05, 0.1) is 6.54 Å². The lowest BCUT2D eigenvalue weighted by molar-refractivity contribution is -0.124. The predicted octanol–water partition coefficient (Wildman–Crippen LogP) is 1.85. The highest BCUT2D eigenvalue weighted by molar-refractivity contribution is 7.13. The van der Waals surface area contributed by atoms with Crippen LogP contribution >= 0.6 is 11.3 Å². The summed E-state index contributed by atoms with van der Waals surface area (Å²) in [5.74, 6) is -0.256. The number of aromatic nitrogens is 1. The number of piperazine rings is 1. The third-order valence-electron chi connectivity index (χ3n) is 3.32. The first kappa shape index (κ1) is 14.5. The van der Waals surface area contributed by atoms with E-state index in [1.165, 1.54) is 11.3 Å². The molecule has 0 spiro atoms. The van der Waals surface area contributed by atoms with Crippen molar-refractivity contribution in [2.75, 3.05) is 18.4 Å². The van der Waals surface area contributed by atoms with Crippen LogP contribution in [0.2, 0.25) is 0 Å². The monoisotopic (exact) mass is 316 g/mol. The standard InChI is InChI=1S/C15H16N4O2S/c1-10-8-19(9-13(20)17-10)14(21)11-3-2-4-12(7-11)18-15-16-5-6-22-15/h2-7,10H,8-9H2,1H3,(H,16,18)(H,17,20). The third kappa shape index (κ3) is 3.25. The first-order valence-corrected chi connectivity index (χ1v) is 7.85. The Morgan fingerprint density at radius 1 is 1.50 bits per heavy atom. The van der Waals surface area contributed by atoms with Crippen LogP contribution in [0.15, 0.2) is 35.8 Å². The molecule has 1 fully saturated rings. The highest BCUT2D eigenvalue weighted by Crippen LogP contribution is 2.20. The number of hydrogen-bond donors (Lipinski definition) is 2. The maximum atomic E-state index is 12.6. The van der Waals surface area contributed by atoms with Crippen LogP contribution in [0.25, 0.3) is 0 Å². The Balaban J connectivity index is 1.76. The van der Waals surface area contributed by atoms with Crippen LogP contribution in [0, 0.1) is 0 Å². The maximum absolute atomic E-state index is 12.6. The van der Waals surface area contributed by atoms with Crippen LogP contribution in [0.5, 0.6) is 0 Å². The van der Waals surface area contributed by atoms with Gasteiger partial charge in [-0.2, -0.15) is 0 Å². The average Bonchev–Trinajstić information content (AvgIpc) is 2.98. The summed E-state index contributed by atoms with van der Waals surface area (Å²) in [7, 11) is 0. The van der Waals surface area contributed by atoms with Gasteiger partial charge in [-0.25, -0.2) is 4.98 Å². The first-order valence-electron chi connectivity index (χ1n) is 6.97. The van der Waals surface area contributed by atoms with Crippen molar-refractivity contribution < 1.29 is 9.59 Å². The van der Waals surface area contributed by atoms with Crippen LogP contribution in [0.4, 0.5) is 10.8 Å². The maximum Gasteiger partial charge on any atom is 0.254 e. The van der Waals surface area contributed by atoms with Gasteiger partial charge in [-0.15, -0.1) is 11.3 Å². The first-order chi connectivity index (χ1) is 10.6. The highest BCUT2D eigenvalue weighted by Gasteiger charge is 2.26.